The minimum absolute atomic E-state index is 0.0853. The Balaban J connectivity index is 1.09. The maximum absolute atomic E-state index is 14.1. The van der Waals surface area contributed by atoms with E-state index >= 15 is 0 Å². The summed E-state index contributed by atoms with van der Waals surface area (Å²) in [5, 5.41) is 14.1. The van der Waals surface area contributed by atoms with Gasteiger partial charge in [-0.2, -0.15) is 0 Å². The minimum atomic E-state index is -0.870. The summed E-state index contributed by atoms with van der Waals surface area (Å²) in [6.45, 7) is 13.9. The molecule has 10 nitrogen and oxygen atoms in total. The second-order valence-electron chi connectivity index (χ2n) is 14.4. The quantitative estimate of drug-likeness (QED) is 0.446. The predicted octanol–water partition coefficient (Wildman–Crippen LogP) is 4.35. The number of likely N-dealkylation sites (tertiary alicyclic amines) is 2. The van der Waals surface area contributed by atoms with Crippen LogP contribution in [0, 0.1) is 20.8 Å². The average Bonchev–Trinajstić information content (AvgIpc) is 3.41. The van der Waals surface area contributed by atoms with Crippen LogP contribution in [0.2, 0.25) is 0 Å². The lowest BCUT2D eigenvalue weighted by atomic mass is 9.96. The largest absolute Gasteiger partial charge is 0.447 e. The van der Waals surface area contributed by atoms with E-state index in [-0.39, 0.29) is 18.0 Å². The number of rotatable bonds is 6. The summed E-state index contributed by atoms with van der Waals surface area (Å²) >= 11 is 0. The highest BCUT2D eigenvalue weighted by atomic mass is 16.6. The van der Waals surface area contributed by atoms with Crippen molar-refractivity contribution in [2.24, 2.45) is 0 Å². The van der Waals surface area contributed by atoms with Crippen LogP contribution >= 0.6 is 0 Å². The van der Waals surface area contributed by atoms with E-state index < -0.39 is 12.2 Å². The Morgan fingerprint density at radius 3 is 2.33 bits per heavy atom. The van der Waals surface area contributed by atoms with Crippen LogP contribution in [0.25, 0.3) is 0 Å². The number of hydrogen-bond donors (Lipinski definition) is 2. The molecule has 3 saturated heterocycles. The highest BCUT2D eigenvalue weighted by Gasteiger charge is 2.36. The third kappa shape index (κ3) is 7.97. The number of para-hydroxylation sites is 1. The van der Waals surface area contributed by atoms with Crippen LogP contribution in [0.4, 0.5) is 10.5 Å². The Labute approximate surface area is 286 Å². The molecule has 2 amide bonds. The maximum atomic E-state index is 14.1. The highest BCUT2D eigenvalue weighted by molar-refractivity contribution is 5.85. The number of aryl methyl sites for hydroxylation is 2. The molecule has 10 heteroatoms. The molecule has 0 saturated carbocycles. The number of amidine groups is 1. The van der Waals surface area contributed by atoms with Crippen molar-refractivity contribution in [3.05, 3.63) is 64.2 Å². The molecule has 6 rings (SSSR count). The van der Waals surface area contributed by atoms with E-state index in [4.69, 9.17) is 4.74 Å². The van der Waals surface area contributed by atoms with Crippen LogP contribution in [0.5, 0.6) is 0 Å². The zero-order valence-electron chi connectivity index (χ0n) is 29.4. The van der Waals surface area contributed by atoms with Gasteiger partial charge in [-0.05, 0) is 88.5 Å². The Morgan fingerprint density at radius 2 is 1.60 bits per heavy atom. The Morgan fingerprint density at radius 1 is 0.917 bits per heavy atom. The number of nitrogens with one attached hydrogen (secondary N) is 1. The van der Waals surface area contributed by atoms with Gasteiger partial charge < -0.3 is 24.5 Å². The molecule has 2 N–H and O–H groups in total. The van der Waals surface area contributed by atoms with E-state index in [1.54, 1.807) is 4.90 Å². The second-order valence-corrected chi connectivity index (χ2v) is 14.4. The first-order valence-corrected chi connectivity index (χ1v) is 18.1. The molecular formula is C38H55N6O4+. The summed E-state index contributed by atoms with van der Waals surface area (Å²) in [4.78, 5) is 36.5. The molecule has 4 aliphatic rings. The summed E-state index contributed by atoms with van der Waals surface area (Å²) in [5.41, 5.74) is 6.74. The predicted molar refractivity (Wildman–Crippen MR) is 189 cm³/mol. The van der Waals surface area contributed by atoms with Gasteiger partial charge in [-0.15, -0.1) is 0 Å². The van der Waals surface area contributed by atoms with Gasteiger partial charge in [0.15, 0.2) is 6.10 Å². The lowest BCUT2D eigenvalue weighted by molar-refractivity contribution is -0.575. The molecule has 0 bridgehead atoms. The van der Waals surface area contributed by atoms with Gasteiger partial charge in [0, 0.05) is 76.6 Å². The monoisotopic (exact) mass is 659 g/mol. The van der Waals surface area contributed by atoms with E-state index in [9.17, 15) is 14.7 Å². The van der Waals surface area contributed by atoms with E-state index in [0.29, 0.717) is 58.0 Å². The van der Waals surface area contributed by atoms with Crippen molar-refractivity contribution in [3.8, 4) is 0 Å². The molecule has 0 radical (unpaired) electrons. The first kappa shape index (κ1) is 34.2. The summed E-state index contributed by atoms with van der Waals surface area (Å²) < 4.78 is 8.19. The van der Waals surface area contributed by atoms with Crippen LogP contribution in [0.3, 0.4) is 0 Å². The van der Waals surface area contributed by atoms with Crippen LogP contribution in [-0.2, 0) is 22.4 Å². The van der Waals surface area contributed by atoms with Crippen LogP contribution in [0.1, 0.15) is 59.9 Å². The van der Waals surface area contributed by atoms with E-state index in [1.807, 2.05) is 27.7 Å². The number of piperidine rings is 2. The molecule has 4 heterocycles. The van der Waals surface area contributed by atoms with Gasteiger partial charge in [0.1, 0.15) is 11.7 Å². The van der Waals surface area contributed by atoms with Crippen molar-refractivity contribution in [1.82, 2.24) is 19.6 Å². The lowest BCUT2D eigenvalue weighted by Gasteiger charge is -2.39. The third-order valence-corrected chi connectivity index (χ3v) is 11.3. The van der Waals surface area contributed by atoms with Gasteiger partial charge in [-0.1, -0.05) is 30.3 Å². The second kappa shape index (κ2) is 15.3. The number of nitrogens with zero attached hydrogens (tertiary/aromatic N) is 5. The Hall–Kier alpha value is -3.63. The van der Waals surface area contributed by atoms with Crippen LogP contribution < -0.4 is 5.32 Å². The van der Waals surface area contributed by atoms with E-state index in [1.165, 1.54) is 28.7 Å². The van der Waals surface area contributed by atoms with Crippen LogP contribution in [-0.4, -0.2) is 131 Å². The maximum Gasteiger partial charge on any atom is 0.447 e. The normalized spacial score (nSPS) is 21.2. The van der Waals surface area contributed by atoms with Gasteiger partial charge >= 0.3 is 12.1 Å². The number of aliphatic hydroxyl groups excluding tert-OH is 1. The zero-order chi connectivity index (χ0) is 33.8. The smallest absolute Gasteiger partial charge is 0.447 e. The summed E-state index contributed by atoms with van der Waals surface area (Å²) in [6, 6.07) is 13.1. The minimum Gasteiger partial charge on any atom is -0.447 e. The summed E-state index contributed by atoms with van der Waals surface area (Å²) in [5.74, 6) is -0.0853. The Kier molecular flexibility index (Phi) is 10.9. The van der Waals surface area contributed by atoms with Crippen molar-refractivity contribution in [3.63, 3.8) is 0 Å². The molecule has 2 aromatic rings. The van der Waals surface area contributed by atoms with Crippen LogP contribution in [0.15, 0.2) is 36.4 Å². The average molecular weight is 660 g/mol. The summed E-state index contributed by atoms with van der Waals surface area (Å²) in [7, 11) is 2.20. The fraction of sp³-hybridized carbons (Fsp3) is 0.605. The fourth-order valence-electron chi connectivity index (χ4n) is 8.03. The fourth-order valence-corrected chi connectivity index (χ4v) is 8.03. The molecule has 1 atom stereocenters. The summed E-state index contributed by atoms with van der Waals surface area (Å²) in [6.07, 6.45) is 4.42. The molecule has 3 fully saturated rings. The molecular weight excluding hydrogens is 604 g/mol. The molecule has 0 unspecified atom stereocenters. The van der Waals surface area contributed by atoms with E-state index in [2.05, 4.69) is 61.1 Å². The van der Waals surface area contributed by atoms with Gasteiger partial charge in [-0.3, -0.25) is 9.69 Å². The molecule has 0 aliphatic carbocycles. The van der Waals surface area contributed by atoms with Gasteiger partial charge in [0.2, 0.25) is 0 Å². The van der Waals surface area contributed by atoms with Crippen molar-refractivity contribution in [1.29, 1.82) is 0 Å². The number of carbonyl (C=O) groups excluding carboxylic acids is 2. The number of fused-ring (bicyclic) bond motifs is 1. The molecule has 0 spiro atoms. The first-order chi connectivity index (χ1) is 23.2. The van der Waals surface area contributed by atoms with Crippen molar-refractivity contribution in [2.75, 3.05) is 71.3 Å². The molecule has 0 aromatic heterocycles. The number of anilines is 1. The number of likely N-dealkylation sites (N-methyl/N-ethyl adjacent to an activating group) is 1. The number of amides is 2. The van der Waals surface area contributed by atoms with Crippen molar-refractivity contribution < 1.29 is 24.0 Å². The van der Waals surface area contributed by atoms with E-state index in [0.717, 1.165) is 56.7 Å². The number of hydrogen-bond acceptors (Lipinski definition) is 6. The topological polar surface area (TPSA) is 91.6 Å². The number of aliphatic hydroxyl groups is 1. The highest BCUT2D eigenvalue weighted by Crippen LogP contribution is 2.25. The van der Waals surface area contributed by atoms with Crippen molar-refractivity contribution >= 4 is 23.7 Å². The zero-order valence-corrected chi connectivity index (χ0v) is 29.4. The third-order valence-electron chi connectivity index (χ3n) is 11.3. The molecule has 48 heavy (non-hydrogen) atoms. The van der Waals surface area contributed by atoms with Gasteiger partial charge in [0.25, 0.3) is 5.91 Å². The number of carbonyl (C=O) groups is 2. The van der Waals surface area contributed by atoms with Gasteiger partial charge in [-0.25, -0.2) is 14.7 Å². The first-order valence-electron chi connectivity index (χ1n) is 18.1. The lowest BCUT2D eigenvalue weighted by Crippen LogP contribution is -2.52. The SMILES string of the molecule is Cc1cc(C[C@@H](OC(=O)N2CCC([N+]3=C(O)Nc4ccccc4CC3)CC2)C(=O)N2CCC(N3CCCN(C)CC3)CC2)cc(C)c1C. The van der Waals surface area contributed by atoms with Gasteiger partial charge in [0.05, 0.1) is 6.54 Å². The Bertz CT molecular complexity index is 1470. The molecule has 260 valence electrons. The standard InChI is InChI=1S/C38H54N6O4/c1-27-24-30(25-28(2)29(27)3)26-35(36(45)42-17-11-32(12-18-42)41-16-7-15-40(4)22-23-41)48-38(47)43-19-13-33(14-20-43)44-21-10-31-8-5-6-9-34(31)39-37(44)46/h5-6,8-9,24-25,32-33,35H,7,10-23,26H2,1-4H3,(H,39,46)/p+1/t35-/m1/s1. The molecule has 2 aromatic carbocycles. The van der Waals surface area contributed by atoms with Crippen molar-refractivity contribution in [2.45, 2.75) is 83.9 Å². The number of benzene rings is 2. The molecule has 4 aliphatic heterocycles. The number of ether oxygens (including phenoxy) is 1.